The van der Waals surface area contributed by atoms with E-state index in [0.29, 0.717) is 18.9 Å². The van der Waals surface area contributed by atoms with Crippen LogP contribution >= 0.6 is 15.9 Å². The fraction of sp³-hybridized carbons (Fsp3) is 0.562. The highest BCUT2D eigenvalue weighted by molar-refractivity contribution is 9.10. The van der Waals surface area contributed by atoms with Crippen LogP contribution in [0.3, 0.4) is 0 Å². The van der Waals surface area contributed by atoms with Gasteiger partial charge in [0.15, 0.2) is 0 Å². The van der Waals surface area contributed by atoms with Gasteiger partial charge in [-0.1, -0.05) is 15.9 Å². The normalized spacial score (nSPS) is 23.8. The Kier molecular flexibility index (Phi) is 5.27. The highest BCUT2D eigenvalue weighted by Crippen LogP contribution is 2.29. The van der Waals surface area contributed by atoms with Crippen LogP contribution in [0.4, 0.5) is 5.69 Å². The molecule has 0 spiro atoms. The number of hydrogen-bond donors (Lipinski definition) is 2. The summed E-state index contributed by atoms with van der Waals surface area (Å²) in [5, 5.41) is 13.0. The molecule has 0 aliphatic carbocycles. The fourth-order valence-electron chi connectivity index (χ4n) is 2.87. The lowest BCUT2D eigenvalue weighted by molar-refractivity contribution is -0.142. The monoisotopic (exact) mass is 354 g/mol. The van der Waals surface area contributed by atoms with Crippen LogP contribution in [0.2, 0.25) is 0 Å². The van der Waals surface area contributed by atoms with Gasteiger partial charge in [0.2, 0.25) is 0 Å². The SMILES string of the molecule is CC(C)N1CCCC(Nc2ccc(Br)cc2)(C(=O)O)CC1. The molecule has 2 N–H and O–H groups in total. The van der Waals surface area contributed by atoms with Crippen LogP contribution in [0.5, 0.6) is 0 Å². The first-order valence-electron chi connectivity index (χ1n) is 7.44. The molecule has 1 saturated heterocycles. The summed E-state index contributed by atoms with van der Waals surface area (Å²) >= 11 is 3.40. The van der Waals surface area contributed by atoms with Gasteiger partial charge in [-0.05, 0) is 63.9 Å². The second-order valence-electron chi connectivity index (χ2n) is 6.00. The van der Waals surface area contributed by atoms with E-state index in [1.165, 1.54) is 0 Å². The van der Waals surface area contributed by atoms with E-state index in [1.807, 2.05) is 24.3 Å². The molecule has 1 aliphatic rings. The maximum Gasteiger partial charge on any atom is 0.329 e. The van der Waals surface area contributed by atoms with Crippen molar-refractivity contribution in [3.63, 3.8) is 0 Å². The number of carboxylic acids is 1. The van der Waals surface area contributed by atoms with Gasteiger partial charge in [-0.25, -0.2) is 4.79 Å². The van der Waals surface area contributed by atoms with Crippen LogP contribution < -0.4 is 5.32 Å². The zero-order valence-corrected chi connectivity index (χ0v) is 14.2. The molecule has 21 heavy (non-hydrogen) atoms. The van der Waals surface area contributed by atoms with Crippen molar-refractivity contribution >= 4 is 27.6 Å². The van der Waals surface area contributed by atoms with Crippen molar-refractivity contribution < 1.29 is 9.90 Å². The third kappa shape index (κ3) is 3.98. The summed E-state index contributed by atoms with van der Waals surface area (Å²) in [6.45, 7) is 6.11. The van der Waals surface area contributed by atoms with Crippen molar-refractivity contribution in [2.75, 3.05) is 18.4 Å². The van der Waals surface area contributed by atoms with Crippen molar-refractivity contribution in [2.45, 2.75) is 44.7 Å². The van der Waals surface area contributed by atoms with Gasteiger partial charge in [-0.3, -0.25) is 0 Å². The van der Waals surface area contributed by atoms with E-state index in [2.05, 4.69) is 40.0 Å². The Bertz CT molecular complexity index is 490. The fourth-order valence-corrected chi connectivity index (χ4v) is 3.14. The van der Waals surface area contributed by atoms with Gasteiger partial charge < -0.3 is 15.3 Å². The summed E-state index contributed by atoms with van der Waals surface area (Å²) in [5.74, 6) is -0.754. The molecule has 1 aromatic rings. The molecule has 0 radical (unpaired) electrons. The minimum absolute atomic E-state index is 0.460. The van der Waals surface area contributed by atoms with Gasteiger partial charge in [0, 0.05) is 22.7 Å². The number of carboxylic acid groups (broad SMARTS) is 1. The molecule has 1 aromatic carbocycles. The van der Waals surface area contributed by atoms with E-state index >= 15 is 0 Å². The molecule has 0 amide bonds. The Morgan fingerprint density at radius 3 is 2.52 bits per heavy atom. The zero-order chi connectivity index (χ0) is 15.5. The number of likely N-dealkylation sites (tertiary alicyclic amines) is 1. The van der Waals surface area contributed by atoms with E-state index in [-0.39, 0.29) is 0 Å². The number of aliphatic carboxylic acids is 1. The summed E-state index contributed by atoms with van der Waals surface area (Å²) < 4.78 is 0.990. The van der Waals surface area contributed by atoms with E-state index < -0.39 is 11.5 Å². The molecule has 1 fully saturated rings. The van der Waals surface area contributed by atoms with Crippen molar-refractivity contribution in [3.8, 4) is 0 Å². The third-order valence-corrected chi connectivity index (χ3v) is 4.77. The topological polar surface area (TPSA) is 52.6 Å². The van der Waals surface area contributed by atoms with Gasteiger partial charge in [-0.2, -0.15) is 0 Å². The first-order chi connectivity index (χ1) is 9.93. The van der Waals surface area contributed by atoms with Crippen molar-refractivity contribution in [1.29, 1.82) is 0 Å². The van der Waals surface area contributed by atoms with Crippen LogP contribution in [0, 0.1) is 0 Å². The zero-order valence-electron chi connectivity index (χ0n) is 12.6. The number of halogens is 1. The number of nitrogens with zero attached hydrogens (tertiary/aromatic N) is 1. The van der Waals surface area contributed by atoms with Crippen LogP contribution in [-0.2, 0) is 4.79 Å². The minimum Gasteiger partial charge on any atom is -0.480 e. The van der Waals surface area contributed by atoms with Crippen LogP contribution in [-0.4, -0.2) is 40.6 Å². The summed E-state index contributed by atoms with van der Waals surface area (Å²) in [6.07, 6.45) is 2.17. The molecule has 0 saturated carbocycles. The van der Waals surface area contributed by atoms with Gasteiger partial charge in [-0.15, -0.1) is 0 Å². The first kappa shape index (κ1) is 16.3. The largest absolute Gasteiger partial charge is 0.480 e. The van der Waals surface area contributed by atoms with Crippen LogP contribution in [0.1, 0.15) is 33.1 Å². The number of hydrogen-bond acceptors (Lipinski definition) is 3. The Morgan fingerprint density at radius 1 is 1.29 bits per heavy atom. The highest BCUT2D eigenvalue weighted by Gasteiger charge is 2.40. The van der Waals surface area contributed by atoms with Gasteiger partial charge >= 0.3 is 5.97 Å². The molecular weight excluding hydrogens is 332 g/mol. The first-order valence-corrected chi connectivity index (χ1v) is 8.23. The Morgan fingerprint density at radius 2 is 1.95 bits per heavy atom. The Labute approximate surface area is 134 Å². The lowest BCUT2D eigenvalue weighted by Crippen LogP contribution is -2.47. The molecule has 1 unspecified atom stereocenters. The number of rotatable bonds is 4. The maximum atomic E-state index is 11.9. The quantitative estimate of drug-likeness (QED) is 0.867. The summed E-state index contributed by atoms with van der Waals surface area (Å²) in [6, 6.07) is 8.14. The third-order valence-electron chi connectivity index (χ3n) is 4.24. The molecule has 2 rings (SSSR count). The molecule has 4 nitrogen and oxygen atoms in total. The summed E-state index contributed by atoms with van der Waals surface area (Å²) in [5.41, 5.74) is -0.00381. The number of carbonyl (C=O) groups is 1. The average molecular weight is 355 g/mol. The Balaban J connectivity index is 2.17. The summed E-state index contributed by atoms with van der Waals surface area (Å²) in [4.78, 5) is 14.2. The molecule has 116 valence electrons. The van der Waals surface area contributed by atoms with Gasteiger partial charge in [0.1, 0.15) is 5.54 Å². The number of anilines is 1. The van der Waals surface area contributed by atoms with Gasteiger partial charge in [0.05, 0.1) is 0 Å². The highest BCUT2D eigenvalue weighted by atomic mass is 79.9. The number of nitrogens with one attached hydrogen (secondary N) is 1. The Hall–Kier alpha value is -1.07. The van der Waals surface area contributed by atoms with E-state index in [4.69, 9.17) is 0 Å². The second kappa shape index (κ2) is 6.79. The maximum absolute atomic E-state index is 11.9. The molecule has 1 atom stereocenters. The van der Waals surface area contributed by atoms with Gasteiger partial charge in [0.25, 0.3) is 0 Å². The van der Waals surface area contributed by atoms with E-state index in [9.17, 15) is 9.90 Å². The van der Waals surface area contributed by atoms with E-state index in [1.54, 1.807) is 0 Å². The molecule has 0 bridgehead atoms. The lowest BCUT2D eigenvalue weighted by atomic mass is 9.90. The smallest absolute Gasteiger partial charge is 0.329 e. The van der Waals surface area contributed by atoms with Crippen LogP contribution in [0.15, 0.2) is 28.7 Å². The minimum atomic E-state index is -0.864. The molecular formula is C16H23BrN2O2. The predicted molar refractivity (Wildman–Crippen MR) is 88.7 cm³/mol. The average Bonchev–Trinajstić information content (AvgIpc) is 2.65. The predicted octanol–water partition coefficient (Wildman–Crippen LogP) is 3.58. The van der Waals surface area contributed by atoms with E-state index in [0.717, 1.165) is 29.7 Å². The molecule has 5 heteroatoms. The van der Waals surface area contributed by atoms with Crippen molar-refractivity contribution in [3.05, 3.63) is 28.7 Å². The molecule has 1 heterocycles. The molecule has 0 aromatic heterocycles. The lowest BCUT2D eigenvalue weighted by Gasteiger charge is -2.31. The number of benzene rings is 1. The van der Waals surface area contributed by atoms with Crippen molar-refractivity contribution in [1.82, 2.24) is 4.90 Å². The van der Waals surface area contributed by atoms with Crippen molar-refractivity contribution in [2.24, 2.45) is 0 Å². The second-order valence-corrected chi connectivity index (χ2v) is 6.92. The molecule has 1 aliphatic heterocycles. The standard InChI is InChI=1S/C16H23BrN2O2/c1-12(2)19-10-3-8-16(9-11-19,15(20)21)18-14-6-4-13(17)5-7-14/h4-7,12,18H,3,8-11H2,1-2H3,(H,20,21). The summed E-state index contributed by atoms with van der Waals surface area (Å²) in [7, 11) is 0. The van der Waals surface area contributed by atoms with Crippen LogP contribution in [0.25, 0.3) is 0 Å².